The summed E-state index contributed by atoms with van der Waals surface area (Å²) in [6, 6.07) is 76.9. The van der Waals surface area contributed by atoms with Crippen molar-refractivity contribution in [3.8, 4) is 55.6 Å². The highest BCUT2D eigenvalue weighted by Crippen LogP contribution is 2.52. The van der Waals surface area contributed by atoms with Gasteiger partial charge in [-0.05, 0) is 92.0 Å². The number of rotatable bonds is 7. The van der Waals surface area contributed by atoms with Crippen molar-refractivity contribution in [2.45, 2.75) is 19.3 Å². The summed E-state index contributed by atoms with van der Waals surface area (Å²) in [7, 11) is 0. The Morgan fingerprint density at radius 3 is 1.59 bits per heavy atom. The van der Waals surface area contributed by atoms with Crippen LogP contribution in [-0.2, 0) is 5.41 Å². The summed E-state index contributed by atoms with van der Waals surface area (Å²) in [6.07, 6.45) is 0. The number of para-hydroxylation sites is 2. The van der Waals surface area contributed by atoms with Gasteiger partial charge in [-0.3, -0.25) is 0 Å². The third-order valence-corrected chi connectivity index (χ3v) is 12.3. The van der Waals surface area contributed by atoms with E-state index < -0.39 is 0 Å². The summed E-state index contributed by atoms with van der Waals surface area (Å²) in [5.41, 5.74) is 19.5. The van der Waals surface area contributed by atoms with Gasteiger partial charge in [0.05, 0.1) is 5.69 Å². The molecule has 0 saturated carbocycles. The predicted molar refractivity (Wildman–Crippen MR) is 248 cm³/mol. The molecule has 11 rings (SSSR count). The lowest BCUT2D eigenvalue weighted by Crippen LogP contribution is -2.17. The quantitative estimate of drug-likeness (QED) is 0.161. The molecule has 9 aromatic carbocycles. The average Bonchev–Trinajstić information content (AvgIpc) is 3.79. The molecular formula is C57H41NO. The fraction of sp³-hybridized carbons (Fsp3) is 0.0526. The first-order valence-electron chi connectivity index (χ1n) is 20.4. The van der Waals surface area contributed by atoms with Crippen LogP contribution < -0.4 is 4.90 Å². The zero-order valence-electron chi connectivity index (χ0n) is 33.1. The summed E-state index contributed by atoms with van der Waals surface area (Å²) >= 11 is 0. The van der Waals surface area contributed by atoms with Gasteiger partial charge in [0.1, 0.15) is 11.2 Å². The van der Waals surface area contributed by atoms with Crippen LogP contribution in [0.25, 0.3) is 77.6 Å². The van der Waals surface area contributed by atoms with E-state index >= 15 is 0 Å². The minimum Gasteiger partial charge on any atom is -0.455 e. The zero-order valence-corrected chi connectivity index (χ0v) is 33.1. The van der Waals surface area contributed by atoms with Crippen LogP contribution in [-0.4, -0.2) is 0 Å². The van der Waals surface area contributed by atoms with E-state index in [2.05, 4.69) is 225 Å². The van der Waals surface area contributed by atoms with E-state index in [-0.39, 0.29) is 5.41 Å². The van der Waals surface area contributed by atoms with Crippen LogP contribution in [0.2, 0.25) is 0 Å². The molecule has 0 spiro atoms. The number of hydrogen-bond donors (Lipinski definition) is 0. The van der Waals surface area contributed by atoms with Crippen LogP contribution in [0.15, 0.2) is 217 Å². The lowest BCUT2D eigenvalue weighted by molar-refractivity contribution is 0.660. The maximum atomic E-state index is 6.71. The van der Waals surface area contributed by atoms with Gasteiger partial charge in [0.15, 0.2) is 0 Å². The van der Waals surface area contributed by atoms with Crippen LogP contribution in [0.3, 0.4) is 0 Å². The smallest absolute Gasteiger partial charge is 0.143 e. The van der Waals surface area contributed by atoms with Gasteiger partial charge in [-0.1, -0.05) is 190 Å². The van der Waals surface area contributed by atoms with Crippen LogP contribution in [0.5, 0.6) is 0 Å². The summed E-state index contributed by atoms with van der Waals surface area (Å²) < 4.78 is 6.71. The van der Waals surface area contributed by atoms with Gasteiger partial charge in [-0.15, -0.1) is 0 Å². The Kier molecular flexibility index (Phi) is 8.20. The van der Waals surface area contributed by atoms with E-state index in [4.69, 9.17) is 4.42 Å². The van der Waals surface area contributed by atoms with Crippen molar-refractivity contribution in [3.05, 3.63) is 223 Å². The van der Waals surface area contributed by atoms with Crippen molar-refractivity contribution >= 4 is 39.0 Å². The Hall–Kier alpha value is -7.42. The van der Waals surface area contributed by atoms with Crippen molar-refractivity contribution in [3.63, 3.8) is 0 Å². The van der Waals surface area contributed by atoms with Crippen LogP contribution in [0.4, 0.5) is 17.1 Å². The maximum absolute atomic E-state index is 6.71. The molecule has 1 aliphatic carbocycles. The van der Waals surface area contributed by atoms with Crippen LogP contribution >= 0.6 is 0 Å². The minimum absolute atomic E-state index is 0.155. The van der Waals surface area contributed by atoms with E-state index in [0.29, 0.717) is 0 Å². The van der Waals surface area contributed by atoms with Crippen molar-refractivity contribution in [1.29, 1.82) is 0 Å². The van der Waals surface area contributed by atoms with Gasteiger partial charge in [0.2, 0.25) is 0 Å². The number of furan rings is 1. The second-order valence-corrected chi connectivity index (χ2v) is 16.1. The van der Waals surface area contributed by atoms with Crippen LogP contribution in [0, 0.1) is 0 Å². The second-order valence-electron chi connectivity index (χ2n) is 16.1. The SMILES string of the molecule is CC1(C)c2ccccc2-c2ccc(N(c3ccc(-c4ccc(-c5ccccc5)cc4)cc3)c3cc(-c4ccccc4)ccc3-c3cccc4c3oc3ccccc34)cc21. The predicted octanol–water partition coefficient (Wildman–Crippen LogP) is 16.0. The van der Waals surface area contributed by atoms with Gasteiger partial charge in [0.25, 0.3) is 0 Å². The molecule has 0 atom stereocenters. The molecule has 2 nitrogen and oxygen atoms in total. The monoisotopic (exact) mass is 755 g/mol. The molecule has 0 amide bonds. The van der Waals surface area contributed by atoms with Gasteiger partial charge in [-0.2, -0.15) is 0 Å². The average molecular weight is 756 g/mol. The summed E-state index contributed by atoms with van der Waals surface area (Å²) in [6.45, 7) is 4.71. The van der Waals surface area contributed by atoms with Crippen molar-refractivity contribution in [2.75, 3.05) is 4.90 Å². The molecule has 0 radical (unpaired) electrons. The Morgan fingerprint density at radius 2 is 0.864 bits per heavy atom. The summed E-state index contributed by atoms with van der Waals surface area (Å²) in [5.74, 6) is 0. The molecule has 10 aromatic rings. The molecule has 0 unspecified atom stereocenters. The normalized spacial score (nSPS) is 12.7. The molecule has 2 heteroatoms. The maximum Gasteiger partial charge on any atom is 0.143 e. The Morgan fingerprint density at radius 1 is 0.356 bits per heavy atom. The zero-order chi connectivity index (χ0) is 39.5. The Labute approximate surface area is 345 Å². The topological polar surface area (TPSA) is 16.4 Å². The third-order valence-electron chi connectivity index (χ3n) is 12.3. The molecule has 1 aromatic heterocycles. The molecule has 0 saturated heterocycles. The first-order chi connectivity index (χ1) is 29.0. The summed E-state index contributed by atoms with van der Waals surface area (Å²) in [4.78, 5) is 2.45. The van der Waals surface area contributed by atoms with Gasteiger partial charge in [0, 0.05) is 38.7 Å². The number of anilines is 3. The standard InChI is InChI=1S/C57H41NO/c1-57(2)52-22-11-9-18-46(52)47-35-33-45(37-53(47)57)58(44-31-28-42(29-32-44)41-26-24-40(25-27-41)38-14-5-3-6-15-38)54-36-43(39-16-7-4-8-17-39)30-34-48(54)50-20-13-21-51-49-19-10-12-23-55(49)59-56(50)51/h3-37H,1-2H3. The summed E-state index contributed by atoms with van der Waals surface area (Å²) in [5, 5.41) is 2.24. The fourth-order valence-corrected chi connectivity index (χ4v) is 9.26. The minimum atomic E-state index is -0.155. The van der Waals surface area contributed by atoms with E-state index in [1.165, 1.54) is 50.1 Å². The first-order valence-corrected chi connectivity index (χ1v) is 20.4. The Balaban J connectivity index is 1.12. The van der Waals surface area contributed by atoms with Crippen molar-refractivity contribution in [2.24, 2.45) is 0 Å². The van der Waals surface area contributed by atoms with Gasteiger partial charge in [-0.25, -0.2) is 0 Å². The molecule has 59 heavy (non-hydrogen) atoms. The number of nitrogens with zero attached hydrogens (tertiary/aromatic N) is 1. The van der Waals surface area contributed by atoms with Crippen molar-refractivity contribution < 1.29 is 4.42 Å². The van der Waals surface area contributed by atoms with Crippen molar-refractivity contribution in [1.82, 2.24) is 0 Å². The lowest BCUT2D eigenvalue weighted by Gasteiger charge is -2.30. The first kappa shape index (κ1) is 34.8. The molecule has 0 N–H and O–H groups in total. The molecule has 0 fully saturated rings. The number of hydrogen-bond acceptors (Lipinski definition) is 2. The third kappa shape index (κ3) is 5.87. The highest BCUT2D eigenvalue weighted by Gasteiger charge is 2.36. The number of benzene rings is 9. The molecule has 280 valence electrons. The highest BCUT2D eigenvalue weighted by molar-refractivity contribution is 6.11. The van der Waals surface area contributed by atoms with Gasteiger partial charge < -0.3 is 9.32 Å². The lowest BCUT2D eigenvalue weighted by atomic mass is 9.82. The molecule has 1 aliphatic rings. The Bertz CT molecular complexity index is 3160. The molecule has 0 aliphatic heterocycles. The van der Waals surface area contributed by atoms with E-state index in [1.54, 1.807) is 0 Å². The van der Waals surface area contributed by atoms with E-state index in [9.17, 15) is 0 Å². The van der Waals surface area contributed by atoms with Crippen LogP contribution in [0.1, 0.15) is 25.0 Å². The largest absolute Gasteiger partial charge is 0.455 e. The molecule has 1 heterocycles. The number of fused-ring (bicyclic) bond motifs is 6. The van der Waals surface area contributed by atoms with Gasteiger partial charge >= 0.3 is 0 Å². The second kappa shape index (κ2) is 13.9. The highest BCUT2D eigenvalue weighted by atomic mass is 16.3. The fourth-order valence-electron chi connectivity index (χ4n) is 9.26. The molecule has 0 bridgehead atoms. The van der Waals surface area contributed by atoms with E-state index in [1.807, 2.05) is 6.07 Å². The van der Waals surface area contributed by atoms with E-state index in [0.717, 1.165) is 55.7 Å². The molecular weight excluding hydrogens is 715 g/mol.